The topological polar surface area (TPSA) is 63.1 Å². The summed E-state index contributed by atoms with van der Waals surface area (Å²) >= 11 is 0. The van der Waals surface area contributed by atoms with Gasteiger partial charge in [0.05, 0.1) is 0 Å². The summed E-state index contributed by atoms with van der Waals surface area (Å²) in [5.74, 6) is 1.12. The third kappa shape index (κ3) is 1.52. The first-order valence-corrected chi connectivity index (χ1v) is 2.77. The van der Waals surface area contributed by atoms with Crippen LogP contribution in [0.2, 0.25) is 0 Å². The molecule has 0 aliphatic rings. The lowest BCUT2D eigenvalue weighted by Crippen LogP contribution is -2.01. The monoisotopic (exact) mass is 148 g/mol. The molecule has 1 aromatic heterocycles. The van der Waals surface area contributed by atoms with Crippen LogP contribution in [0.3, 0.4) is 0 Å². The van der Waals surface area contributed by atoms with E-state index in [4.69, 9.17) is 11.5 Å². The van der Waals surface area contributed by atoms with Gasteiger partial charge in [0.2, 0.25) is 0 Å². The summed E-state index contributed by atoms with van der Waals surface area (Å²) in [6.45, 7) is 0. The van der Waals surface area contributed by atoms with Crippen molar-refractivity contribution in [3.05, 3.63) is 23.5 Å². The first kappa shape index (κ1) is 7.22. The van der Waals surface area contributed by atoms with Crippen molar-refractivity contribution < 1.29 is 9.90 Å². The smallest absolute Gasteiger partial charge is 0.356 e. The van der Waals surface area contributed by atoms with Crippen LogP contribution in [0, 0.1) is 12.3 Å². The maximum Gasteiger partial charge on any atom is 0.356 e. The second-order valence-electron chi connectivity index (χ2n) is 1.75. The van der Waals surface area contributed by atoms with Crippen molar-refractivity contribution in [3.8, 4) is 12.3 Å². The molecule has 0 saturated carbocycles. The fourth-order valence-electron chi connectivity index (χ4n) is 0.523. The number of carboxylic acid groups (broad SMARTS) is 1. The highest BCUT2D eigenvalue weighted by molar-refractivity contribution is 5.84. The minimum Gasteiger partial charge on any atom is -0.476 e. The average molecular weight is 148 g/mol. The Morgan fingerprint density at radius 3 is 2.64 bits per heavy atom. The van der Waals surface area contributed by atoms with Crippen LogP contribution in [0.25, 0.3) is 0 Å². The molecule has 0 aliphatic carbocycles. The van der Waals surface area contributed by atoms with Gasteiger partial charge in [-0.3, -0.25) is 0 Å². The number of terminal acetylenes is 1. The van der Waals surface area contributed by atoms with Gasteiger partial charge >= 0.3 is 5.97 Å². The van der Waals surface area contributed by atoms with E-state index in [1.807, 2.05) is 0 Å². The summed E-state index contributed by atoms with van der Waals surface area (Å²) in [5, 5.41) is 15.2. The van der Waals surface area contributed by atoms with E-state index in [0.717, 1.165) is 0 Å². The Labute approximate surface area is 62.9 Å². The zero-order valence-corrected chi connectivity index (χ0v) is 5.48. The van der Waals surface area contributed by atoms with E-state index in [0.29, 0.717) is 5.69 Å². The standard InChI is InChI=1S/C7H4N2O2/c1-2-5-3-4-6(7(10)11)9-8-5/h1,3-4H,(H,10,11). The van der Waals surface area contributed by atoms with Crippen molar-refractivity contribution >= 4 is 5.97 Å². The summed E-state index contributed by atoms with van der Waals surface area (Å²) in [7, 11) is 0. The molecule has 0 aromatic carbocycles. The predicted molar refractivity (Wildman–Crippen MR) is 36.9 cm³/mol. The van der Waals surface area contributed by atoms with Gasteiger partial charge in [0.1, 0.15) is 5.69 Å². The lowest BCUT2D eigenvalue weighted by atomic mass is 10.3. The number of hydrogen-bond acceptors (Lipinski definition) is 3. The molecular formula is C7H4N2O2. The summed E-state index contributed by atoms with van der Waals surface area (Å²) in [6, 6.07) is 2.74. The molecule has 1 heterocycles. The molecule has 4 nitrogen and oxygen atoms in total. The van der Waals surface area contributed by atoms with Crippen LogP contribution in [0.5, 0.6) is 0 Å². The fourth-order valence-corrected chi connectivity index (χ4v) is 0.523. The second-order valence-corrected chi connectivity index (χ2v) is 1.75. The van der Waals surface area contributed by atoms with E-state index in [1.165, 1.54) is 12.1 Å². The van der Waals surface area contributed by atoms with Crippen molar-refractivity contribution in [2.75, 3.05) is 0 Å². The molecule has 0 atom stereocenters. The van der Waals surface area contributed by atoms with Crippen LogP contribution in [0.15, 0.2) is 12.1 Å². The third-order valence-electron chi connectivity index (χ3n) is 1.03. The zero-order valence-electron chi connectivity index (χ0n) is 5.48. The highest BCUT2D eigenvalue weighted by Crippen LogP contribution is 1.93. The fraction of sp³-hybridized carbons (Fsp3) is 0. The Kier molecular flexibility index (Phi) is 1.83. The maximum atomic E-state index is 10.2. The van der Waals surface area contributed by atoms with Crippen LogP contribution in [0.1, 0.15) is 16.2 Å². The van der Waals surface area contributed by atoms with Crippen molar-refractivity contribution in [1.82, 2.24) is 10.2 Å². The molecule has 54 valence electrons. The maximum absolute atomic E-state index is 10.2. The van der Waals surface area contributed by atoms with Crippen molar-refractivity contribution in [3.63, 3.8) is 0 Å². The molecule has 0 saturated heterocycles. The van der Waals surface area contributed by atoms with E-state index < -0.39 is 5.97 Å². The molecule has 0 unspecified atom stereocenters. The van der Waals surface area contributed by atoms with Crippen LogP contribution < -0.4 is 0 Å². The molecule has 4 heteroatoms. The normalized spacial score (nSPS) is 8.64. The van der Waals surface area contributed by atoms with Gasteiger partial charge in [-0.25, -0.2) is 4.79 Å². The molecule has 11 heavy (non-hydrogen) atoms. The molecule has 0 amide bonds. The van der Waals surface area contributed by atoms with Gasteiger partial charge in [0, 0.05) is 0 Å². The van der Waals surface area contributed by atoms with Gasteiger partial charge in [0.15, 0.2) is 5.69 Å². The number of rotatable bonds is 1. The van der Waals surface area contributed by atoms with Gasteiger partial charge in [-0.2, -0.15) is 0 Å². The Bertz CT molecular complexity index is 310. The molecule has 1 aromatic rings. The number of carboxylic acids is 1. The second kappa shape index (κ2) is 2.80. The SMILES string of the molecule is C#Cc1ccc(C(=O)O)nn1. The molecule has 0 spiro atoms. The largest absolute Gasteiger partial charge is 0.476 e. The van der Waals surface area contributed by atoms with Gasteiger partial charge < -0.3 is 5.11 Å². The van der Waals surface area contributed by atoms with Gasteiger partial charge in [-0.1, -0.05) is 0 Å². The van der Waals surface area contributed by atoms with Crippen molar-refractivity contribution in [2.24, 2.45) is 0 Å². The Hall–Kier alpha value is -1.89. The minimum atomic E-state index is -1.11. The number of nitrogens with zero attached hydrogens (tertiary/aromatic N) is 2. The zero-order chi connectivity index (χ0) is 8.27. The van der Waals surface area contributed by atoms with Gasteiger partial charge in [0.25, 0.3) is 0 Å². The van der Waals surface area contributed by atoms with E-state index in [1.54, 1.807) is 0 Å². The lowest BCUT2D eigenvalue weighted by molar-refractivity contribution is 0.0689. The highest BCUT2D eigenvalue weighted by Gasteiger charge is 2.02. The number of aromatic carboxylic acids is 1. The lowest BCUT2D eigenvalue weighted by Gasteiger charge is -1.90. The molecule has 0 fully saturated rings. The van der Waals surface area contributed by atoms with Crippen LogP contribution in [-0.2, 0) is 0 Å². The van der Waals surface area contributed by atoms with Crippen LogP contribution >= 0.6 is 0 Å². The van der Waals surface area contributed by atoms with Crippen LogP contribution in [-0.4, -0.2) is 21.3 Å². The molecule has 0 aliphatic heterocycles. The Morgan fingerprint density at radius 1 is 1.55 bits per heavy atom. The van der Waals surface area contributed by atoms with E-state index in [9.17, 15) is 4.79 Å². The average Bonchev–Trinajstić information content (AvgIpc) is 2.05. The van der Waals surface area contributed by atoms with Gasteiger partial charge in [-0.05, 0) is 18.1 Å². The number of hydrogen-bond donors (Lipinski definition) is 1. The van der Waals surface area contributed by atoms with E-state index in [-0.39, 0.29) is 5.69 Å². The summed E-state index contributed by atoms with van der Waals surface area (Å²) in [4.78, 5) is 10.2. The highest BCUT2D eigenvalue weighted by atomic mass is 16.4. The predicted octanol–water partition coefficient (Wildman–Crippen LogP) is 0.156. The van der Waals surface area contributed by atoms with E-state index >= 15 is 0 Å². The minimum absolute atomic E-state index is 0.107. The van der Waals surface area contributed by atoms with Gasteiger partial charge in [-0.15, -0.1) is 16.6 Å². The Balaban J connectivity index is 3.03. The Morgan fingerprint density at radius 2 is 2.27 bits per heavy atom. The summed E-state index contributed by atoms with van der Waals surface area (Å²) in [6.07, 6.45) is 4.98. The summed E-state index contributed by atoms with van der Waals surface area (Å²) in [5.41, 5.74) is 0.221. The third-order valence-corrected chi connectivity index (χ3v) is 1.03. The molecule has 0 bridgehead atoms. The number of carbonyl (C=O) groups is 1. The molecule has 0 radical (unpaired) electrons. The molecular weight excluding hydrogens is 144 g/mol. The first-order chi connectivity index (χ1) is 5.24. The van der Waals surface area contributed by atoms with E-state index in [2.05, 4.69) is 16.1 Å². The molecule has 1 N–H and O–H groups in total. The molecule has 1 rings (SSSR count). The number of aromatic nitrogens is 2. The summed E-state index contributed by atoms with van der Waals surface area (Å²) < 4.78 is 0. The van der Waals surface area contributed by atoms with Crippen molar-refractivity contribution in [1.29, 1.82) is 0 Å². The quantitative estimate of drug-likeness (QED) is 0.576. The van der Waals surface area contributed by atoms with Crippen molar-refractivity contribution in [2.45, 2.75) is 0 Å². The van der Waals surface area contributed by atoms with Crippen LogP contribution in [0.4, 0.5) is 0 Å². The first-order valence-electron chi connectivity index (χ1n) is 2.77.